The third-order valence-corrected chi connectivity index (χ3v) is 6.71. The Hall–Kier alpha value is -2.25. The Morgan fingerprint density at radius 1 is 1.10 bits per heavy atom. The van der Waals surface area contributed by atoms with E-state index in [0.29, 0.717) is 30.3 Å². The van der Waals surface area contributed by atoms with E-state index >= 15 is 0 Å². The van der Waals surface area contributed by atoms with E-state index in [1.807, 2.05) is 22.6 Å². The molecule has 0 radical (unpaired) electrons. The second kappa shape index (κ2) is 9.92. The van der Waals surface area contributed by atoms with Crippen LogP contribution >= 0.6 is 45.8 Å². The highest BCUT2D eigenvalue weighted by Crippen LogP contribution is 2.37. The minimum atomic E-state index is -4.04. The van der Waals surface area contributed by atoms with Crippen LogP contribution in [-0.2, 0) is 10.1 Å². The van der Waals surface area contributed by atoms with E-state index in [0.717, 1.165) is 0 Å². The maximum atomic E-state index is 12.6. The molecule has 0 spiro atoms. The van der Waals surface area contributed by atoms with Crippen LogP contribution in [-0.4, -0.2) is 15.5 Å². The monoisotopic (exact) mass is 585 g/mol. The van der Waals surface area contributed by atoms with Gasteiger partial charge in [-0.2, -0.15) is 13.7 Å². The van der Waals surface area contributed by atoms with Gasteiger partial charge >= 0.3 is 10.1 Å². The van der Waals surface area contributed by atoms with Gasteiger partial charge in [0.1, 0.15) is 4.90 Å². The number of methoxy groups -OCH3 is 1. The van der Waals surface area contributed by atoms with Crippen molar-refractivity contribution in [3.8, 4) is 17.6 Å². The molecule has 0 bridgehead atoms. The first-order valence-electron chi connectivity index (χ1n) is 8.69. The van der Waals surface area contributed by atoms with Crippen molar-refractivity contribution in [2.24, 2.45) is 0 Å². The van der Waals surface area contributed by atoms with E-state index in [-0.39, 0.29) is 16.4 Å². The maximum Gasteiger partial charge on any atom is 0.339 e. The third kappa shape index (κ3) is 5.52. The van der Waals surface area contributed by atoms with Crippen LogP contribution in [0.4, 0.5) is 0 Å². The molecule has 3 aromatic carbocycles. The summed E-state index contributed by atoms with van der Waals surface area (Å²) in [5.41, 5.74) is 1.44. The first-order valence-corrected chi connectivity index (χ1v) is 11.9. The van der Waals surface area contributed by atoms with Crippen molar-refractivity contribution in [2.45, 2.75) is 4.90 Å². The summed E-state index contributed by atoms with van der Waals surface area (Å²) < 4.78 is 36.4. The van der Waals surface area contributed by atoms with Crippen molar-refractivity contribution in [1.29, 1.82) is 5.26 Å². The predicted molar refractivity (Wildman–Crippen MR) is 130 cm³/mol. The van der Waals surface area contributed by atoms with Crippen LogP contribution in [0.2, 0.25) is 10.0 Å². The average Bonchev–Trinajstić information content (AvgIpc) is 2.74. The fourth-order valence-corrected chi connectivity index (χ4v) is 5.07. The second-order valence-corrected chi connectivity index (χ2v) is 9.73. The Labute approximate surface area is 204 Å². The molecule has 0 saturated carbocycles. The highest BCUT2D eigenvalue weighted by Gasteiger charge is 2.22. The molecule has 0 aromatic heterocycles. The number of hydrogen-bond donors (Lipinski definition) is 0. The van der Waals surface area contributed by atoms with Gasteiger partial charge in [0.2, 0.25) is 0 Å². The Bertz CT molecular complexity index is 1300. The maximum absolute atomic E-state index is 12.6. The molecule has 0 N–H and O–H groups in total. The normalized spacial score (nSPS) is 11.6. The molecule has 0 amide bonds. The van der Waals surface area contributed by atoms with E-state index < -0.39 is 10.1 Å². The molecule has 0 unspecified atom stereocenters. The van der Waals surface area contributed by atoms with Gasteiger partial charge in [-0.1, -0.05) is 47.5 Å². The highest BCUT2D eigenvalue weighted by molar-refractivity contribution is 14.1. The number of benzene rings is 3. The van der Waals surface area contributed by atoms with E-state index in [1.165, 1.54) is 19.2 Å². The quantitative estimate of drug-likeness (QED) is 0.144. The van der Waals surface area contributed by atoms with Gasteiger partial charge in [-0.05, 0) is 70.6 Å². The largest absolute Gasteiger partial charge is 0.493 e. The fourth-order valence-electron chi connectivity index (χ4n) is 2.69. The van der Waals surface area contributed by atoms with Crippen molar-refractivity contribution in [1.82, 2.24) is 0 Å². The highest BCUT2D eigenvalue weighted by atomic mass is 127. The fraction of sp³-hybridized carbons (Fsp3) is 0.0455. The van der Waals surface area contributed by atoms with Crippen molar-refractivity contribution < 1.29 is 17.3 Å². The number of allylic oxidation sites excluding steroid dienone is 1. The Morgan fingerprint density at radius 2 is 1.81 bits per heavy atom. The number of ether oxygens (including phenoxy) is 1. The number of nitriles is 1. The summed E-state index contributed by atoms with van der Waals surface area (Å²) in [4.78, 5) is 0.0287. The molecule has 31 heavy (non-hydrogen) atoms. The van der Waals surface area contributed by atoms with Gasteiger partial charge in [-0.25, -0.2) is 0 Å². The van der Waals surface area contributed by atoms with Gasteiger partial charge in [0.25, 0.3) is 0 Å². The Balaban J connectivity index is 2.03. The lowest BCUT2D eigenvalue weighted by atomic mass is 10.0. The van der Waals surface area contributed by atoms with Crippen LogP contribution in [0.15, 0.2) is 65.6 Å². The van der Waals surface area contributed by atoms with Gasteiger partial charge in [0.15, 0.2) is 11.5 Å². The van der Waals surface area contributed by atoms with Crippen LogP contribution in [0, 0.1) is 14.9 Å². The van der Waals surface area contributed by atoms with Crippen molar-refractivity contribution in [3.05, 3.63) is 85.4 Å². The lowest BCUT2D eigenvalue weighted by Crippen LogP contribution is -2.11. The minimum Gasteiger partial charge on any atom is -0.493 e. The van der Waals surface area contributed by atoms with Crippen LogP contribution in [0.3, 0.4) is 0 Å². The topological polar surface area (TPSA) is 76.4 Å². The summed E-state index contributed by atoms with van der Waals surface area (Å²) in [6.45, 7) is 0. The SMILES string of the molecule is COc1cc(/C=C(\C#N)c2ccc(Cl)cc2Cl)cc(I)c1OS(=O)(=O)c1ccccc1. The third-order valence-electron chi connectivity index (χ3n) is 4.13. The zero-order valence-electron chi connectivity index (χ0n) is 16.0. The summed E-state index contributed by atoms with van der Waals surface area (Å²) in [5.74, 6) is 0.268. The second-order valence-electron chi connectivity index (χ2n) is 6.18. The van der Waals surface area contributed by atoms with Crippen LogP contribution < -0.4 is 8.92 Å². The zero-order valence-corrected chi connectivity index (χ0v) is 20.5. The molecule has 9 heteroatoms. The smallest absolute Gasteiger partial charge is 0.339 e. The minimum absolute atomic E-state index is 0.0287. The van der Waals surface area contributed by atoms with Gasteiger partial charge in [-0.15, -0.1) is 0 Å². The van der Waals surface area contributed by atoms with Crippen LogP contribution in [0.25, 0.3) is 11.6 Å². The molecular weight excluding hydrogens is 572 g/mol. The molecule has 0 fully saturated rings. The number of rotatable bonds is 6. The molecular formula is C22H14Cl2INO4S. The van der Waals surface area contributed by atoms with Crippen molar-refractivity contribution in [2.75, 3.05) is 7.11 Å². The van der Waals surface area contributed by atoms with Gasteiger partial charge in [0.05, 0.1) is 27.3 Å². The van der Waals surface area contributed by atoms with Gasteiger partial charge in [0, 0.05) is 10.6 Å². The van der Waals surface area contributed by atoms with E-state index in [1.54, 1.807) is 54.6 Å². The summed E-state index contributed by atoms with van der Waals surface area (Å²) in [5, 5.41) is 10.4. The van der Waals surface area contributed by atoms with Crippen molar-refractivity contribution >= 4 is 67.6 Å². The molecule has 5 nitrogen and oxygen atoms in total. The van der Waals surface area contributed by atoms with Crippen molar-refractivity contribution in [3.63, 3.8) is 0 Å². The predicted octanol–water partition coefficient (Wildman–Crippen LogP) is 6.44. The summed E-state index contributed by atoms with van der Waals surface area (Å²) in [6.07, 6.45) is 1.62. The van der Waals surface area contributed by atoms with Gasteiger partial charge < -0.3 is 8.92 Å². The number of hydrogen-bond acceptors (Lipinski definition) is 5. The standard InChI is InChI=1S/C22H14Cl2INO4S/c1-29-21-11-14(9-15(13-26)18-8-7-16(23)12-19(18)24)10-20(25)22(21)30-31(27,28)17-5-3-2-4-6-17/h2-12H,1H3/b15-9+. The van der Waals surface area contributed by atoms with Crippen LogP contribution in [0.5, 0.6) is 11.5 Å². The average molecular weight is 586 g/mol. The lowest BCUT2D eigenvalue weighted by Gasteiger charge is -2.14. The Kier molecular flexibility index (Phi) is 7.49. The summed E-state index contributed by atoms with van der Waals surface area (Å²) in [7, 11) is -2.64. The molecule has 0 aliphatic heterocycles. The van der Waals surface area contributed by atoms with E-state index in [2.05, 4.69) is 6.07 Å². The Morgan fingerprint density at radius 3 is 2.42 bits per heavy atom. The lowest BCUT2D eigenvalue weighted by molar-refractivity contribution is 0.389. The first kappa shape index (κ1) is 23.4. The molecule has 0 saturated heterocycles. The first-order chi connectivity index (χ1) is 14.7. The van der Waals surface area contributed by atoms with E-state index in [4.69, 9.17) is 32.1 Å². The molecule has 0 aliphatic carbocycles. The molecule has 0 heterocycles. The molecule has 3 aromatic rings. The van der Waals surface area contributed by atoms with Gasteiger partial charge in [-0.3, -0.25) is 0 Å². The van der Waals surface area contributed by atoms with Crippen LogP contribution in [0.1, 0.15) is 11.1 Å². The summed E-state index contributed by atoms with van der Waals surface area (Å²) >= 11 is 14.1. The molecule has 3 rings (SSSR count). The van der Waals surface area contributed by atoms with E-state index in [9.17, 15) is 13.7 Å². The number of nitrogens with zero attached hydrogens (tertiary/aromatic N) is 1. The number of halogens is 3. The molecule has 0 atom stereocenters. The summed E-state index contributed by atoms with van der Waals surface area (Å²) in [6, 6.07) is 18.1. The zero-order chi connectivity index (χ0) is 22.6. The molecule has 0 aliphatic rings. The molecule has 158 valence electrons.